The Labute approximate surface area is 564 Å². The van der Waals surface area contributed by atoms with Crippen molar-refractivity contribution in [1.82, 2.24) is 77.1 Å². The molecule has 1 saturated heterocycles. The summed E-state index contributed by atoms with van der Waals surface area (Å²) in [7, 11) is 0. The number of carboxylic acid groups (broad SMARTS) is 1. The maximum absolute atomic E-state index is 14.0. The molecule has 31 heteroatoms. The zero-order chi connectivity index (χ0) is 67.0. The average Bonchev–Trinajstić information content (AvgIpc) is 0.883. The Morgan fingerprint density at radius 2 is 1.10 bits per heavy atom. The molecule has 7 heterocycles. The fraction of sp³-hybridized carbons (Fsp3) is 0.476. The molecule has 6 aromatic rings. The number of H-pyrrole nitrogens is 2. The SMILES string of the molecule is CC(C)CC(NC(=O)C(Cc1cnc[nH]1)NC(=O)C(NC[C@@]1(O)OC[C@H](O)[C@H](O)[C@H]1O)C(C)C)C(=O)NC(C(=O)NC(CCCCNC(=O)CCCC(=O)NCCc1cnc[nH]1)C(=O)O)C(C)O.[Cl-].[Os+].c1ccc(-c2ccccn2)nc1.c1ccc(-c2ccccn2)nc1. The fourth-order valence-electron chi connectivity index (χ4n) is 9.28. The van der Waals surface area contributed by atoms with E-state index in [1.165, 1.54) is 19.4 Å². The van der Waals surface area contributed by atoms with E-state index in [-0.39, 0.29) is 95.0 Å². The van der Waals surface area contributed by atoms with Gasteiger partial charge in [0.25, 0.3) is 0 Å². The summed E-state index contributed by atoms with van der Waals surface area (Å²) < 4.78 is 5.20. The summed E-state index contributed by atoms with van der Waals surface area (Å²) in [5.74, 6) is -8.34. The third-order valence-electron chi connectivity index (χ3n) is 14.3. The first kappa shape index (κ1) is 80.2. The van der Waals surface area contributed by atoms with E-state index in [9.17, 15) is 64.2 Å². The minimum Gasteiger partial charge on any atom is -1.00 e. The number of aromatic nitrogens is 8. The number of rotatable bonds is 32. The number of ether oxygens (including phenoxy) is 1. The minimum absolute atomic E-state index is 0. The minimum atomic E-state index is -2.38. The molecular formula is C63H87ClN15O14Os. The van der Waals surface area contributed by atoms with E-state index in [2.05, 4.69) is 77.1 Å². The topological polar surface area (TPSA) is 443 Å². The number of carbonyl (C=O) groups excluding carboxylic acids is 6. The van der Waals surface area contributed by atoms with Crippen LogP contribution in [0.2, 0.25) is 0 Å². The Morgan fingerprint density at radius 3 is 1.55 bits per heavy atom. The predicted molar refractivity (Wildman–Crippen MR) is 335 cm³/mol. The maximum Gasteiger partial charge on any atom is 1.00 e. The summed E-state index contributed by atoms with van der Waals surface area (Å²) in [6, 6.07) is 16.3. The van der Waals surface area contributed by atoms with Gasteiger partial charge in [-0.25, -0.2) is 14.8 Å². The number of aromatic amines is 2. The van der Waals surface area contributed by atoms with E-state index in [0.29, 0.717) is 31.5 Å². The molecule has 513 valence electrons. The van der Waals surface area contributed by atoms with Gasteiger partial charge < -0.3 is 95.0 Å². The largest absolute Gasteiger partial charge is 1.00 e. The van der Waals surface area contributed by atoms with Crippen LogP contribution in [0.15, 0.2) is 123 Å². The van der Waals surface area contributed by atoms with E-state index in [0.717, 1.165) is 28.5 Å². The number of hydrogen-bond acceptors (Lipinski definition) is 20. The van der Waals surface area contributed by atoms with Crippen LogP contribution in [-0.4, -0.2) is 199 Å². The third kappa shape index (κ3) is 27.9. The van der Waals surface area contributed by atoms with Crippen LogP contribution in [-0.2, 0) is 70.9 Å². The van der Waals surface area contributed by atoms with Gasteiger partial charge in [0.1, 0.15) is 42.5 Å². The number of imidazole rings is 2. The summed E-state index contributed by atoms with van der Waals surface area (Å²) in [6.07, 6.45) is 8.14. The Morgan fingerprint density at radius 1 is 0.617 bits per heavy atom. The number of aliphatic hydroxyl groups is 5. The van der Waals surface area contributed by atoms with Crippen LogP contribution in [0.25, 0.3) is 22.8 Å². The summed E-state index contributed by atoms with van der Waals surface area (Å²) in [5.41, 5.74) is 4.98. The van der Waals surface area contributed by atoms with Crippen molar-refractivity contribution < 1.29 is 101 Å². The monoisotopic (exact) mass is 1500 g/mol. The molecule has 6 unspecified atom stereocenters. The zero-order valence-electron chi connectivity index (χ0n) is 53.0. The summed E-state index contributed by atoms with van der Waals surface area (Å²) >= 11 is 0. The van der Waals surface area contributed by atoms with Crippen molar-refractivity contribution in [3.05, 3.63) is 134 Å². The molecule has 0 aliphatic carbocycles. The maximum atomic E-state index is 14.0. The van der Waals surface area contributed by atoms with E-state index in [1.54, 1.807) is 65.0 Å². The van der Waals surface area contributed by atoms with Crippen molar-refractivity contribution >= 4 is 41.4 Å². The van der Waals surface area contributed by atoms with Gasteiger partial charge in [0.05, 0.1) is 60.7 Å². The van der Waals surface area contributed by atoms with Gasteiger partial charge in [-0.2, -0.15) is 0 Å². The molecular weight excluding hydrogens is 1420 g/mol. The molecule has 0 spiro atoms. The second-order valence-electron chi connectivity index (χ2n) is 22.7. The summed E-state index contributed by atoms with van der Waals surface area (Å²) in [6.45, 7) is 7.68. The number of amides is 6. The van der Waals surface area contributed by atoms with Crippen LogP contribution in [0.5, 0.6) is 0 Å². The predicted octanol–water partition coefficient (Wildman–Crippen LogP) is -2.35. The standard InChI is InChI=1S/C43H71N11O14.2C10H8N2.ClH.Os/c1-23(2)15-29(52-38(61)30(16-27-18-45-22-50-27)53-40(63)34(24(3)4)48-20-43(67)37(60)36(59)31(56)19-68-43)39(62)54-35(25(5)55)41(64)51-28(42(65)66)9-6-7-13-46-32(57)10-8-11-33(58)47-14-12-26-17-44-21-49-26;2*1-3-7-11-9(5-1)10-6-2-4-8-12-10;;/h17-18,21-25,28-31,34-37,48,55-56,59-60,67H,6-16,19-20H2,1-5H3,(H,44,49)(H,45,50)(H,46,57)(H,47,58)(H,51,64)(H,52,61)(H,53,63)(H,54,62)(H,65,66);2*1-8H;1H;/q;;;;+1/p-1/t25?,28?,29?,30?,31-,34?,35?,36-,37+,43+;;;;/m0..../s1. The van der Waals surface area contributed by atoms with Gasteiger partial charge in [-0.3, -0.25) is 48.7 Å². The van der Waals surface area contributed by atoms with Gasteiger partial charge in [0, 0.05) is 87.3 Å². The van der Waals surface area contributed by atoms with Crippen molar-refractivity contribution in [2.45, 2.75) is 153 Å². The normalized spacial score (nSPS) is 17.6. The number of pyridine rings is 4. The van der Waals surface area contributed by atoms with E-state index in [1.807, 2.05) is 72.8 Å². The first-order valence-electron chi connectivity index (χ1n) is 30.4. The van der Waals surface area contributed by atoms with Crippen molar-refractivity contribution in [2.24, 2.45) is 11.8 Å². The second kappa shape index (κ2) is 42.3. The van der Waals surface area contributed by atoms with E-state index < -0.39 is 109 Å². The van der Waals surface area contributed by atoms with E-state index in [4.69, 9.17) is 4.74 Å². The van der Waals surface area contributed by atoms with Crippen LogP contribution in [0, 0.1) is 11.8 Å². The third-order valence-corrected chi connectivity index (χ3v) is 14.3. The molecule has 6 aromatic heterocycles. The Balaban J connectivity index is 0.000000722. The quantitative estimate of drug-likeness (QED) is 0.0197. The van der Waals surface area contributed by atoms with Crippen LogP contribution in [0.4, 0.5) is 0 Å². The van der Waals surface area contributed by atoms with Crippen molar-refractivity contribution in [2.75, 3.05) is 26.2 Å². The number of unbranched alkanes of at least 4 members (excludes halogenated alkanes) is 1. The fourth-order valence-corrected chi connectivity index (χ4v) is 9.28. The molecule has 6 amide bonds. The number of nitrogens with one attached hydrogen (secondary N) is 9. The molecule has 10 atom stereocenters. The van der Waals surface area contributed by atoms with Gasteiger partial charge in [0.2, 0.25) is 41.2 Å². The number of carbonyl (C=O) groups is 7. The first-order valence-corrected chi connectivity index (χ1v) is 30.4. The van der Waals surface area contributed by atoms with Gasteiger partial charge in [0.15, 0.2) is 0 Å². The molecule has 0 saturated carbocycles. The van der Waals surface area contributed by atoms with Crippen LogP contribution >= 0.6 is 0 Å². The smallest absolute Gasteiger partial charge is 1.00 e. The molecule has 1 fully saturated rings. The summed E-state index contributed by atoms with van der Waals surface area (Å²) in [5, 5.41) is 80.1. The molecule has 1 aliphatic rings. The number of hydrogen-bond donors (Lipinski definition) is 15. The van der Waals surface area contributed by atoms with Crippen molar-refractivity contribution in [3.63, 3.8) is 0 Å². The molecule has 94 heavy (non-hydrogen) atoms. The molecule has 1 radical (unpaired) electrons. The van der Waals surface area contributed by atoms with Gasteiger partial charge in [-0.1, -0.05) is 52.0 Å². The Hall–Kier alpha value is -8.04. The number of halogens is 1. The Bertz CT molecular complexity index is 3000. The van der Waals surface area contributed by atoms with Gasteiger partial charge in [-0.05, 0) is 99.4 Å². The summed E-state index contributed by atoms with van der Waals surface area (Å²) in [4.78, 5) is 122. The second-order valence-corrected chi connectivity index (χ2v) is 22.7. The molecule has 1 aliphatic heterocycles. The average molecular weight is 1500 g/mol. The van der Waals surface area contributed by atoms with Crippen LogP contribution in [0.1, 0.15) is 91.0 Å². The molecule has 15 N–H and O–H groups in total. The number of aliphatic hydroxyl groups excluding tert-OH is 4. The van der Waals surface area contributed by atoms with Crippen molar-refractivity contribution in [3.8, 4) is 22.8 Å². The van der Waals surface area contributed by atoms with Gasteiger partial charge in [-0.15, -0.1) is 0 Å². The number of carboxylic acids is 1. The van der Waals surface area contributed by atoms with Crippen molar-refractivity contribution in [1.29, 1.82) is 0 Å². The molecule has 7 rings (SSSR count). The molecule has 0 aromatic carbocycles. The number of aliphatic carboxylic acids is 1. The first-order chi connectivity index (χ1) is 44.0. The van der Waals surface area contributed by atoms with Crippen LogP contribution < -0.4 is 49.6 Å². The zero-order valence-corrected chi connectivity index (χ0v) is 56.3. The molecule has 0 bridgehead atoms. The Kier molecular flexibility index (Phi) is 36.1. The van der Waals surface area contributed by atoms with E-state index >= 15 is 0 Å². The molecule has 29 nitrogen and oxygen atoms in total. The number of nitrogens with zero attached hydrogens (tertiary/aromatic N) is 6. The van der Waals surface area contributed by atoms with Gasteiger partial charge >= 0.3 is 25.8 Å². The van der Waals surface area contributed by atoms with Crippen LogP contribution in [0.3, 0.4) is 0 Å².